The van der Waals surface area contributed by atoms with Gasteiger partial charge in [0.25, 0.3) is 5.91 Å². The molecule has 0 saturated carbocycles. The number of carbonyl (C=O) groups is 2. The molecule has 2 amide bonds. The van der Waals surface area contributed by atoms with Crippen LogP contribution in [0.3, 0.4) is 0 Å². The summed E-state index contributed by atoms with van der Waals surface area (Å²) in [6.45, 7) is 1.94. The maximum Gasteiger partial charge on any atom is 0.256 e. The highest BCUT2D eigenvalue weighted by molar-refractivity contribution is 7.13. The van der Waals surface area contributed by atoms with E-state index in [-0.39, 0.29) is 17.9 Å². The molecule has 0 bridgehead atoms. The minimum atomic E-state index is -0.539. The van der Waals surface area contributed by atoms with E-state index in [1.807, 2.05) is 24.4 Å². The average molecular weight is 382 g/mol. The number of hydrogen-bond acceptors (Lipinski definition) is 6. The van der Waals surface area contributed by atoms with Crippen LogP contribution >= 0.6 is 11.3 Å². The number of amides is 2. The van der Waals surface area contributed by atoms with Crippen LogP contribution in [0.4, 0.5) is 5.82 Å². The first-order valence-electron chi connectivity index (χ1n) is 8.50. The van der Waals surface area contributed by atoms with Crippen LogP contribution in [0.1, 0.15) is 30.0 Å². The Bertz CT molecular complexity index is 954. The van der Waals surface area contributed by atoms with Gasteiger partial charge >= 0.3 is 0 Å². The molecular weight excluding hydrogens is 364 g/mol. The first-order valence-corrected chi connectivity index (χ1v) is 9.38. The second-order valence-electron chi connectivity index (χ2n) is 6.27. The molecule has 4 rings (SSSR count). The van der Waals surface area contributed by atoms with Gasteiger partial charge in [-0.1, -0.05) is 6.07 Å². The number of nitrogens with zero attached hydrogens (tertiary/aromatic N) is 3. The second kappa shape index (κ2) is 7.29. The molecular formula is C18H18N6O2S. The molecule has 2 unspecified atom stereocenters. The number of aromatic nitrogens is 3. The van der Waals surface area contributed by atoms with Crippen LogP contribution in [0.2, 0.25) is 0 Å². The fourth-order valence-corrected chi connectivity index (χ4v) is 3.59. The van der Waals surface area contributed by atoms with E-state index in [4.69, 9.17) is 0 Å². The molecule has 3 aromatic rings. The van der Waals surface area contributed by atoms with E-state index in [1.165, 1.54) is 0 Å². The van der Waals surface area contributed by atoms with E-state index < -0.39 is 6.29 Å². The molecule has 0 radical (unpaired) electrons. The SMILES string of the molecule is CC1CC(=O)NC(n2nc(-c3cccs3)cc2NC(=O)c2ccncc2)N1. The van der Waals surface area contributed by atoms with Crippen LogP contribution < -0.4 is 16.0 Å². The molecule has 1 saturated heterocycles. The maximum absolute atomic E-state index is 12.6. The van der Waals surface area contributed by atoms with Crippen molar-refractivity contribution in [3.63, 3.8) is 0 Å². The fourth-order valence-electron chi connectivity index (χ4n) is 2.91. The standard InChI is InChI=1S/C18H18N6O2S/c1-11-9-16(25)22-18(20-11)24-15(10-13(23-24)14-3-2-8-27-14)21-17(26)12-4-6-19-7-5-12/h2-8,10-11,18,20H,9H2,1H3,(H,21,26)(H,22,25). The molecule has 9 heteroatoms. The van der Waals surface area contributed by atoms with Gasteiger partial charge < -0.3 is 10.6 Å². The van der Waals surface area contributed by atoms with Crippen molar-refractivity contribution in [2.75, 3.05) is 5.32 Å². The van der Waals surface area contributed by atoms with Crippen molar-refractivity contribution >= 4 is 29.0 Å². The van der Waals surface area contributed by atoms with Crippen molar-refractivity contribution in [2.24, 2.45) is 0 Å². The zero-order chi connectivity index (χ0) is 18.8. The van der Waals surface area contributed by atoms with Crippen molar-refractivity contribution < 1.29 is 9.59 Å². The predicted molar refractivity (Wildman–Crippen MR) is 102 cm³/mol. The van der Waals surface area contributed by atoms with Crippen molar-refractivity contribution in [3.8, 4) is 10.6 Å². The first kappa shape index (κ1) is 17.4. The minimum absolute atomic E-state index is 0.00175. The highest BCUT2D eigenvalue weighted by atomic mass is 32.1. The van der Waals surface area contributed by atoms with Gasteiger partial charge in [-0.2, -0.15) is 5.10 Å². The van der Waals surface area contributed by atoms with Gasteiger partial charge in [0.15, 0.2) is 6.29 Å². The number of anilines is 1. The van der Waals surface area contributed by atoms with Crippen molar-refractivity contribution in [2.45, 2.75) is 25.7 Å². The molecule has 0 aromatic carbocycles. The van der Waals surface area contributed by atoms with Gasteiger partial charge in [-0.3, -0.25) is 19.9 Å². The van der Waals surface area contributed by atoms with Gasteiger partial charge in [0.1, 0.15) is 11.5 Å². The molecule has 2 atom stereocenters. The Morgan fingerprint density at radius 1 is 1.33 bits per heavy atom. The summed E-state index contributed by atoms with van der Waals surface area (Å²) in [7, 11) is 0. The van der Waals surface area contributed by atoms with Crippen molar-refractivity contribution in [1.29, 1.82) is 0 Å². The molecule has 0 aliphatic carbocycles. The highest BCUT2D eigenvalue weighted by Crippen LogP contribution is 2.28. The minimum Gasteiger partial charge on any atom is -0.322 e. The topological polar surface area (TPSA) is 101 Å². The van der Waals surface area contributed by atoms with Gasteiger partial charge in [0.2, 0.25) is 5.91 Å². The lowest BCUT2D eigenvalue weighted by atomic mass is 10.2. The van der Waals surface area contributed by atoms with E-state index in [9.17, 15) is 9.59 Å². The number of rotatable bonds is 4. The van der Waals surface area contributed by atoms with Gasteiger partial charge in [-0.15, -0.1) is 11.3 Å². The van der Waals surface area contributed by atoms with Crippen LogP contribution in [0.15, 0.2) is 48.1 Å². The Hall–Kier alpha value is -3.04. The van der Waals surface area contributed by atoms with Crippen LogP contribution in [0, 0.1) is 0 Å². The zero-order valence-electron chi connectivity index (χ0n) is 14.5. The highest BCUT2D eigenvalue weighted by Gasteiger charge is 2.27. The monoisotopic (exact) mass is 382 g/mol. The smallest absolute Gasteiger partial charge is 0.256 e. The largest absolute Gasteiger partial charge is 0.322 e. The van der Waals surface area contributed by atoms with Crippen molar-refractivity contribution in [3.05, 3.63) is 53.7 Å². The summed E-state index contributed by atoms with van der Waals surface area (Å²) in [5, 5.41) is 15.6. The third kappa shape index (κ3) is 3.74. The Morgan fingerprint density at radius 2 is 2.15 bits per heavy atom. The zero-order valence-corrected chi connectivity index (χ0v) is 15.4. The number of nitrogens with one attached hydrogen (secondary N) is 3. The average Bonchev–Trinajstić information content (AvgIpc) is 3.31. The normalized spacial score (nSPS) is 19.5. The van der Waals surface area contributed by atoms with E-state index in [0.29, 0.717) is 17.8 Å². The van der Waals surface area contributed by atoms with Crippen LogP contribution in [-0.4, -0.2) is 32.6 Å². The molecule has 27 heavy (non-hydrogen) atoms. The molecule has 1 aliphatic heterocycles. The summed E-state index contributed by atoms with van der Waals surface area (Å²) >= 11 is 1.56. The number of carbonyl (C=O) groups excluding carboxylic acids is 2. The molecule has 0 spiro atoms. The third-order valence-corrected chi connectivity index (χ3v) is 5.06. The first-order chi connectivity index (χ1) is 13.1. The molecule has 8 nitrogen and oxygen atoms in total. The van der Waals surface area contributed by atoms with E-state index in [0.717, 1.165) is 10.6 Å². The number of thiophene rings is 1. The van der Waals surface area contributed by atoms with Gasteiger partial charge in [0.05, 0.1) is 4.88 Å². The molecule has 4 heterocycles. The summed E-state index contributed by atoms with van der Waals surface area (Å²) in [5.41, 5.74) is 1.22. The summed E-state index contributed by atoms with van der Waals surface area (Å²) in [6, 6.07) is 8.98. The summed E-state index contributed by atoms with van der Waals surface area (Å²) in [5.74, 6) is 0.157. The molecule has 1 fully saturated rings. The summed E-state index contributed by atoms with van der Waals surface area (Å²) < 4.78 is 1.60. The van der Waals surface area contributed by atoms with Gasteiger partial charge in [0, 0.05) is 36.5 Å². The van der Waals surface area contributed by atoms with E-state index in [1.54, 1.807) is 46.6 Å². The maximum atomic E-state index is 12.6. The molecule has 3 N–H and O–H groups in total. The Kier molecular flexibility index (Phi) is 4.69. The van der Waals surface area contributed by atoms with Crippen LogP contribution in [-0.2, 0) is 4.79 Å². The molecule has 1 aliphatic rings. The van der Waals surface area contributed by atoms with E-state index >= 15 is 0 Å². The Labute approximate surface area is 159 Å². The lowest BCUT2D eigenvalue weighted by Gasteiger charge is -2.30. The van der Waals surface area contributed by atoms with Crippen LogP contribution in [0.25, 0.3) is 10.6 Å². The third-order valence-electron chi connectivity index (χ3n) is 4.17. The lowest BCUT2D eigenvalue weighted by Crippen LogP contribution is -2.52. The lowest BCUT2D eigenvalue weighted by molar-refractivity contribution is -0.125. The van der Waals surface area contributed by atoms with Gasteiger partial charge in [-0.05, 0) is 30.5 Å². The Balaban J connectivity index is 1.68. The number of pyridine rings is 1. The van der Waals surface area contributed by atoms with Gasteiger partial charge in [-0.25, -0.2) is 4.68 Å². The second-order valence-corrected chi connectivity index (χ2v) is 7.22. The summed E-state index contributed by atoms with van der Waals surface area (Å²) in [4.78, 5) is 29.5. The summed E-state index contributed by atoms with van der Waals surface area (Å²) in [6.07, 6.45) is 2.98. The fraction of sp³-hybridized carbons (Fsp3) is 0.222. The Morgan fingerprint density at radius 3 is 2.85 bits per heavy atom. The van der Waals surface area contributed by atoms with Crippen LogP contribution in [0.5, 0.6) is 0 Å². The molecule has 3 aromatic heterocycles. The number of hydrogen-bond donors (Lipinski definition) is 3. The molecule has 138 valence electrons. The van der Waals surface area contributed by atoms with Crippen molar-refractivity contribution in [1.82, 2.24) is 25.4 Å². The van der Waals surface area contributed by atoms with E-state index in [2.05, 4.69) is 26.0 Å². The quantitative estimate of drug-likeness (QED) is 0.642. The predicted octanol–water partition coefficient (Wildman–Crippen LogP) is 2.21.